The number of aromatic nitrogens is 1. The Morgan fingerprint density at radius 2 is 2.35 bits per heavy atom. The molecule has 4 nitrogen and oxygen atoms in total. The van der Waals surface area contributed by atoms with Gasteiger partial charge in [-0.3, -0.25) is 10.1 Å². The first kappa shape index (κ1) is 13.5. The van der Waals surface area contributed by atoms with Gasteiger partial charge in [0.2, 0.25) is 0 Å². The fourth-order valence-corrected chi connectivity index (χ4v) is 3.16. The highest BCUT2D eigenvalue weighted by Crippen LogP contribution is 2.26. The van der Waals surface area contributed by atoms with E-state index >= 15 is 0 Å². The predicted octanol–water partition coefficient (Wildman–Crippen LogP) is 2.83. The highest BCUT2D eigenvalue weighted by atomic mass is 35.5. The normalized spacial score (nSPS) is 13.9. The molecule has 2 N–H and O–H groups in total. The van der Waals surface area contributed by atoms with Crippen LogP contribution in [0.5, 0.6) is 0 Å². The number of nitrogens with zero attached hydrogens (tertiary/aromatic N) is 1. The van der Waals surface area contributed by atoms with Crippen molar-refractivity contribution in [1.29, 1.82) is 0 Å². The maximum atomic E-state index is 13.6. The van der Waals surface area contributed by atoms with Gasteiger partial charge in [-0.15, -0.1) is 11.3 Å². The first-order chi connectivity index (χ1) is 9.63. The zero-order valence-corrected chi connectivity index (χ0v) is 11.9. The van der Waals surface area contributed by atoms with E-state index in [1.54, 1.807) is 0 Å². The molecule has 104 valence electrons. The lowest BCUT2D eigenvalue weighted by atomic mass is 10.2. The summed E-state index contributed by atoms with van der Waals surface area (Å²) in [7, 11) is 0. The fourth-order valence-electron chi connectivity index (χ4n) is 2.01. The molecule has 7 heteroatoms. The van der Waals surface area contributed by atoms with E-state index in [2.05, 4.69) is 15.6 Å². The minimum atomic E-state index is -0.602. The number of amides is 1. The lowest BCUT2D eigenvalue weighted by Crippen LogP contribution is -2.22. The number of fused-ring (bicyclic) bond motifs is 1. The Bertz CT molecular complexity index is 650. The second-order valence-electron chi connectivity index (χ2n) is 4.39. The molecule has 0 fully saturated rings. The van der Waals surface area contributed by atoms with Gasteiger partial charge in [-0.05, 0) is 18.2 Å². The van der Waals surface area contributed by atoms with Crippen LogP contribution in [0.2, 0.25) is 5.02 Å². The fraction of sp³-hybridized carbons (Fsp3) is 0.231. The molecule has 2 aromatic rings. The largest absolute Gasteiger partial charge is 0.311 e. The number of carbonyl (C=O) groups is 1. The average molecular weight is 312 g/mol. The van der Waals surface area contributed by atoms with Crippen molar-refractivity contribution in [3.05, 3.63) is 45.2 Å². The maximum Gasteiger partial charge on any atom is 0.260 e. The summed E-state index contributed by atoms with van der Waals surface area (Å²) in [6, 6.07) is 3.89. The van der Waals surface area contributed by atoms with Crippen LogP contribution in [-0.4, -0.2) is 17.4 Å². The summed E-state index contributed by atoms with van der Waals surface area (Å²) in [5.74, 6) is -1.14. The summed E-state index contributed by atoms with van der Waals surface area (Å²) in [5, 5.41) is 6.67. The van der Waals surface area contributed by atoms with Crippen LogP contribution in [0.25, 0.3) is 0 Å². The van der Waals surface area contributed by atoms with Gasteiger partial charge in [0.25, 0.3) is 5.91 Å². The van der Waals surface area contributed by atoms with Crippen molar-refractivity contribution in [2.24, 2.45) is 0 Å². The van der Waals surface area contributed by atoms with E-state index < -0.39 is 11.7 Å². The topological polar surface area (TPSA) is 54.0 Å². The Morgan fingerprint density at radius 1 is 1.50 bits per heavy atom. The van der Waals surface area contributed by atoms with Gasteiger partial charge in [0.15, 0.2) is 5.13 Å². The van der Waals surface area contributed by atoms with Gasteiger partial charge in [-0.25, -0.2) is 9.37 Å². The number of anilines is 1. The first-order valence-corrected chi connectivity index (χ1v) is 7.28. The van der Waals surface area contributed by atoms with E-state index in [0.29, 0.717) is 10.2 Å². The number of hydrogen-bond acceptors (Lipinski definition) is 4. The molecule has 0 saturated heterocycles. The Hall–Kier alpha value is -1.50. The van der Waals surface area contributed by atoms with Crippen LogP contribution in [0.3, 0.4) is 0 Å². The molecule has 1 aliphatic heterocycles. The molecule has 1 aromatic carbocycles. The summed E-state index contributed by atoms with van der Waals surface area (Å²) in [6.45, 7) is 1.64. The molecule has 1 amide bonds. The molecule has 3 rings (SSSR count). The predicted molar refractivity (Wildman–Crippen MR) is 76.9 cm³/mol. The molecule has 0 saturated carbocycles. The van der Waals surface area contributed by atoms with Gasteiger partial charge in [0, 0.05) is 29.4 Å². The lowest BCUT2D eigenvalue weighted by Gasteiger charge is -2.09. The average Bonchev–Trinajstić information content (AvgIpc) is 2.83. The smallest absolute Gasteiger partial charge is 0.260 e. The van der Waals surface area contributed by atoms with Crippen LogP contribution in [0.4, 0.5) is 9.52 Å². The van der Waals surface area contributed by atoms with Crippen LogP contribution < -0.4 is 10.6 Å². The number of nitrogens with one attached hydrogen (secondary N) is 2. The van der Waals surface area contributed by atoms with Crippen molar-refractivity contribution in [3.8, 4) is 0 Å². The van der Waals surface area contributed by atoms with E-state index in [-0.39, 0.29) is 5.56 Å². The number of benzene rings is 1. The van der Waals surface area contributed by atoms with E-state index in [1.165, 1.54) is 29.5 Å². The van der Waals surface area contributed by atoms with Gasteiger partial charge < -0.3 is 5.32 Å². The standard InChI is InChI=1S/C13H11ClFN3OS/c14-7-1-2-9(15)8(5-7)12(19)18-13-17-10-3-4-16-6-11(10)20-13/h1-2,5,16H,3-4,6H2,(H,17,18,19). The van der Waals surface area contributed by atoms with Gasteiger partial charge >= 0.3 is 0 Å². The highest BCUT2D eigenvalue weighted by Gasteiger charge is 2.18. The maximum absolute atomic E-state index is 13.6. The molecule has 20 heavy (non-hydrogen) atoms. The Morgan fingerprint density at radius 3 is 3.15 bits per heavy atom. The third kappa shape index (κ3) is 2.67. The van der Waals surface area contributed by atoms with Crippen molar-refractivity contribution >= 4 is 34.0 Å². The highest BCUT2D eigenvalue weighted by molar-refractivity contribution is 7.15. The SMILES string of the molecule is O=C(Nc1nc2c(s1)CNCC2)c1cc(Cl)ccc1F. The second-order valence-corrected chi connectivity index (χ2v) is 5.91. The molecule has 1 aromatic heterocycles. The quantitative estimate of drug-likeness (QED) is 0.896. The van der Waals surface area contributed by atoms with Crippen molar-refractivity contribution in [2.75, 3.05) is 11.9 Å². The molecule has 2 heterocycles. The van der Waals surface area contributed by atoms with E-state index in [0.717, 1.165) is 30.1 Å². The second kappa shape index (κ2) is 5.47. The van der Waals surface area contributed by atoms with Crippen molar-refractivity contribution in [2.45, 2.75) is 13.0 Å². The van der Waals surface area contributed by atoms with Crippen molar-refractivity contribution in [1.82, 2.24) is 10.3 Å². The number of carbonyl (C=O) groups excluding carboxylic acids is 1. The first-order valence-electron chi connectivity index (χ1n) is 6.09. The van der Waals surface area contributed by atoms with Gasteiger partial charge in [-0.1, -0.05) is 11.6 Å². The number of halogens is 2. The monoisotopic (exact) mass is 311 g/mol. The minimum Gasteiger partial charge on any atom is -0.311 e. The Labute approximate surface area is 124 Å². The Kier molecular flexibility index (Phi) is 3.69. The van der Waals surface area contributed by atoms with Crippen LogP contribution >= 0.6 is 22.9 Å². The zero-order chi connectivity index (χ0) is 14.1. The molecule has 0 bridgehead atoms. The number of hydrogen-bond donors (Lipinski definition) is 2. The summed E-state index contributed by atoms with van der Waals surface area (Å²) < 4.78 is 13.6. The van der Waals surface area contributed by atoms with Gasteiger partial charge in [-0.2, -0.15) is 0 Å². The third-order valence-electron chi connectivity index (χ3n) is 3.00. The summed E-state index contributed by atoms with van der Waals surface area (Å²) in [5.41, 5.74) is 0.916. The molecule has 0 atom stereocenters. The minimum absolute atomic E-state index is 0.0798. The van der Waals surface area contributed by atoms with Crippen LogP contribution in [0.1, 0.15) is 20.9 Å². The molecule has 0 aliphatic carbocycles. The van der Waals surface area contributed by atoms with E-state index in [9.17, 15) is 9.18 Å². The van der Waals surface area contributed by atoms with Crippen molar-refractivity contribution in [3.63, 3.8) is 0 Å². The molecule has 0 unspecified atom stereocenters. The molecule has 1 aliphatic rings. The Balaban J connectivity index is 1.82. The van der Waals surface area contributed by atoms with Crippen molar-refractivity contribution < 1.29 is 9.18 Å². The third-order valence-corrected chi connectivity index (χ3v) is 4.24. The molecular weight excluding hydrogens is 301 g/mol. The van der Waals surface area contributed by atoms with Crippen LogP contribution in [0, 0.1) is 5.82 Å². The molecule has 0 radical (unpaired) electrons. The summed E-state index contributed by atoms with van der Waals surface area (Å²) in [4.78, 5) is 17.5. The molecular formula is C13H11ClFN3OS. The lowest BCUT2D eigenvalue weighted by molar-refractivity contribution is 0.102. The van der Waals surface area contributed by atoms with Crippen LogP contribution in [0.15, 0.2) is 18.2 Å². The number of rotatable bonds is 2. The van der Waals surface area contributed by atoms with Gasteiger partial charge in [0.05, 0.1) is 11.3 Å². The van der Waals surface area contributed by atoms with E-state index in [4.69, 9.17) is 11.6 Å². The molecule has 0 spiro atoms. The van der Waals surface area contributed by atoms with Crippen LogP contribution in [-0.2, 0) is 13.0 Å². The number of thiazole rings is 1. The summed E-state index contributed by atoms with van der Waals surface area (Å²) >= 11 is 7.19. The zero-order valence-electron chi connectivity index (χ0n) is 10.4. The van der Waals surface area contributed by atoms with E-state index in [1.807, 2.05) is 0 Å². The van der Waals surface area contributed by atoms with Gasteiger partial charge in [0.1, 0.15) is 5.82 Å². The summed E-state index contributed by atoms with van der Waals surface area (Å²) in [6.07, 6.45) is 0.841.